The quantitative estimate of drug-likeness (QED) is 0.393. The van der Waals surface area contributed by atoms with Crippen LogP contribution in [-0.4, -0.2) is 25.9 Å². The number of anilines is 1. The minimum Gasteiger partial charge on any atom is -0.302 e. The van der Waals surface area contributed by atoms with Gasteiger partial charge in [0.05, 0.1) is 12.2 Å². The van der Waals surface area contributed by atoms with Gasteiger partial charge in [-0.15, -0.1) is 0 Å². The zero-order valence-corrected chi connectivity index (χ0v) is 18.1. The first-order chi connectivity index (χ1) is 14.4. The number of hydrogen-bond acceptors (Lipinski definition) is 3. The van der Waals surface area contributed by atoms with E-state index in [-0.39, 0.29) is 5.82 Å². The number of carbonyl (C=O) groups excluding carboxylic acids is 1. The van der Waals surface area contributed by atoms with Crippen molar-refractivity contribution in [1.82, 2.24) is 20.0 Å². The number of benzene rings is 2. The van der Waals surface area contributed by atoms with Crippen molar-refractivity contribution in [2.24, 2.45) is 0 Å². The lowest BCUT2D eigenvalue weighted by Gasteiger charge is -2.06. The number of halogens is 3. The summed E-state index contributed by atoms with van der Waals surface area (Å²) in [6, 6.07) is 14.8. The van der Waals surface area contributed by atoms with Gasteiger partial charge in [-0.2, -0.15) is 10.2 Å². The van der Waals surface area contributed by atoms with Crippen molar-refractivity contribution < 1.29 is 4.79 Å². The minimum atomic E-state index is -0.399. The van der Waals surface area contributed by atoms with E-state index in [0.717, 1.165) is 11.1 Å². The molecular formula is C21H16Cl3N5O. The summed E-state index contributed by atoms with van der Waals surface area (Å²) in [5, 5.41) is 15.3. The first-order valence-corrected chi connectivity index (χ1v) is 10.1. The second-order valence-corrected chi connectivity index (χ2v) is 7.93. The SMILES string of the molecule is Cc1ccc(-c2cc(C(=O)Nc3nn(Cc4c(Cl)cccc4Cl)cc3Cl)[nH]n2)cc1. The highest BCUT2D eigenvalue weighted by Gasteiger charge is 2.16. The Kier molecular flexibility index (Phi) is 5.81. The second kappa shape index (κ2) is 8.52. The van der Waals surface area contributed by atoms with E-state index in [0.29, 0.717) is 38.6 Å². The molecule has 0 saturated heterocycles. The number of aromatic amines is 1. The van der Waals surface area contributed by atoms with E-state index in [9.17, 15) is 4.79 Å². The van der Waals surface area contributed by atoms with E-state index < -0.39 is 5.91 Å². The average molecular weight is 461 g/mol. The highest BCUT2D eigenvalue weighted by atomic mass is 35.5. The molecule has 30 heavy (non-hydrogen) atoms. The van der Waals surface area contributed by atoms with Crippen LogP contribution in [0.5, 0.6) is 0 Å². The molecule has 2 aromatic carbocycles. The Morgan fingerprint density at radius 1 is 1.07 bits per heavy atom. The summed E-state index contributed by atoms with van der Waals surface area (Å²) >= 11 is 18.7. The molecule has 6 nitrogen and oxygen atoms in total. The van der Waals surface area contributed by atoms with Crippen LogP contribution in [0.4, 0.5) is 5.82 Å². The normalized spacial score (nSPS) is 10.9. The standard InChI is InChI=1S/C21H16Cl3N5O/c1-12-5-7-13(8-6-12)18-9-19(27-26-18)21(30)25-20-17(24)11-29(28-20)10-14-15(22)3-2-4-16(14)23/h2-9,11H,10H2,1H3,(H,26,27)(H,25,28,30). The van der Waals surface area contributed by atoms with Crippen molar-refractivity contribution in [2.45, 2.75) is 13.5 Å². The van der Waals surface area contributed by atoms with Gasteiger partial charge in [-0.1, -0.05) is 70.7 Å². The third-order valence-electron chi connectivity index (χ3n) is 4.50. The van der Waals surface area contributed by atoms with Crippen molar-refractivity contribution in [3.8, 4) is 11.3 Å². The number of nitrogens with zero attached hydrogens (tertiary/aromatic N) is 3. The molecule has 0 saturated carbocycles. The van der Waals surface area contributed by atoms with Gasteiger partial charge in [-0.3, -0.25) is 14.6 Å². The molecule has 0 spiro atoms. The summed E-state index contributed by atoms with van der Waals surface area (Å²) in [7, 11) is 0. The van der Waals surface area contributed by atoms with E-state index in [4.69, 9.17) is 34.8 Å². The third-order valence-corrected chi connectivity index (χ3v) is 5.49. The minimum absolute atomic E-state index is 0.233. The number of H-pyrrole nitrogens is 1. The predicted octanol–water partition coefficient (Wildman–Crippen LogP) is 5.84. The number of rotatable bonds is 5. The Bertz CT molecular complexity index is 1190. The van der Waals surface area contributed by atoms with Gasteiger partial charge in [-0.25, -0.2) is 0 Å². The summed E-state index contributed by atoms with van der Waals surface area (Å²) in [5.74, 6) is -0.167. The topological polar surface area (TPSA) is 75.6 Å². The highest BCUT2D eigenvalue weighted by molar-refractivity contribution is 6.36. The fourth-order valence-electron chi connectivity index (χ4n) is 2.89. The van der Waals surface area contributed by atoms with Gasteiger partial charge in [0.25, 0.3) is 5.91 Å². The van der Waals surface area contributed by atoms with Gasteiger partial charge >= 0.3 is 0 Å². The fourth-order valence-corrected chi connectivity index (χ4v) is 3.61. The summed E-state index contributed by atoms with van der Waals surface area (Å²) in [4.78, 5) is 12.6. The van der Waals surface area contributed by atoms with Crippen LogP contribution in [0.1, 0.15) is 21.6 Å². The van der Waals surface area contributed by atoms with Crippen LogP contribution in [0.25, 0.3) is 11.3 Å². The van der Waals surface area contributed by atoms with Crippen molar-refractivity contribution in [3.63, 3.8) is 0 Å². The first-order valence-electron chi connectivity index (χ1n) is 9.00. The van der Waals surface area contributed by atoms with Crippen LogP contribution in [0.3, 0.4) is 0 Å². The monoisotopic (exact) mass is 459 g/mol. The maximum absolute atomic E-state index is 12.6. The highest BCUT2D eigenvalue weighted by Crippen LogP contribution is 2.27. The molecule has 0 bridgehead atoms. The molecule has 0 aliphatic rings. The van der Waals surface area contributed by atoms with Crippen molar-refractivity contribution in [3.05, 3.63) is 86.6 Å². The van der Waals surface area contributed by atoms with E-state index in [1.165, 1.54) is 0 Å². The van der Waals surface area contributed by atoms with E-state index in [2.05, 4.69) is 20.6 Å². The number of aryl methyl sites for hydroxylation is 1. The molecule has 4 aromatic rings. The molecule has 0 aliphatic heterocycles. The summed E-state index contributed by atoms with van der Waals surface area (Å²) in [6.45, 7) is 2.32. The van der Waals surface area contributed by atoms with Crippen molar-refractivity contribution in [1.29, 1.82) is 0 Å². The van der Waals surface area contributed by atoms with Crippen LogP contribution in [0.15, 0.2) is 54.7 Å². The molecule has 0 unspecified atom stereocenters. The fraction of sp³-hybridized carbons (Fsp3) is 0.0952. The first kappa shape index (κ1) is 20.5. The molecule has 2 aromatic heterocycles. The van der Waals surface area contributed by atoms with Gasteiger partial charge in [0.1, 0.15) is 10.7 Å². The Balaban J connectivity index is 1.50. The maximum atomic E-state index is 12.6. The number of hydrogen-bond donors (Lipinski definition) is 2. The Hall–Kier alpha value is -2.80. The number of aromatic nitrogens is 4. The lowest BCUT2D eigenvalue weighted by molar-refractivity contribution is 0.102. The summed E-state index contributed by atoms with van der Waals surface area (Å²) in [5.41, 5.74) is 3.75. The van der Waals surface area contributed by atoms with E-state index in [1.54, 1.807) is 35.1 Å². The number of carbonyl (C=O) groups is 1. The van der Waals surface area contributed by atoms with Crippen LogP contribution < -0.4 is 5.32 Å². The maximum Gasteiger partial charge on any atom is 0.274 e. The van der Waals surface area contributed by atoms with Gasteiger partial charge in [0.2, 0.25) is 0 Å². The number of amides is 1. The smallest absolute Gasteiger partial charge is 0.274 e. The second-order valence-electron chi connectivity index (χ2n) is 6.71. The molecule has 0 atom stereocenters. The molecular weight excluding hydrogens is 445 g/mol. The molecule has 0 radical (unpaired) electrons. The van der Waals surface area contributed by atoms with Gasteiger partial charge in [0.15, 0.2) is 5.82 Å². The largest absolute Gasteiger partial charge is 0.302 e. The Morgan fingerprint density at radius 3 is 2.47 bits per heavy atom. The zero-order chi connectivity index (χ0) is 21.3. The molecule has 4 rings (SSSR count). The Labute approximate surface area is 187 Å². The predicted molar refractivity (Wildman–Crippen MR) is 120 cm³/mol. The van der Waals surface area contributed by atoms with Crippen molar-refractivity contribution in [2.75, 3.05) is 5.32 Å². The van der Waals surface area contributed by atoms with Gasteiger partial charge in [0, 0.05) is 27.4 Å². The lowest BCUT2D eigenvalue weighted by atomic mass is 10.1. The summed E-state index contributed by atoms with van der Waals surface area (Å²) < 4.78 is 1.57. The molecule has 9 heteroatoms. The van der Waals surface area contributed by atoms with Crippen LogP contribution >= 0.6 is 34.8 Å². The average Bonchev–Trinajstić information content (AvgIpc) is 3.33. The number of nitrogens with one attached hydrogen (secondary N) is 2. The van der Waals surface area contributed by atoms with Gasteiger partial charge < -0.3 is 5.32 Å². The van der Waals surface area contributed by atoms with Gasteiger partial charge in [-0.05, 0) is 25.1 Å². The van der Waals surface area contributed by atoms with Crippen LogP contribution in [0, 0.1) is 6.92 Å². The zero-order valence-electron chi connectivity index (χ0n) is 15.8. The Morgan fingerprint density at radius 2 is 1.77 bits per heavy atom. The molecule has 1 amide bonds. The molecule has 0 fully saturated rings. The summed E-state index contributed by atoms with van der Waals surface area (Å²) in [6.07, 6.45) is 1.60. The lowest BCUT2D eigenvalue weighted by Crippen LogP contribution is -2.13. The molecule has 2 N–H and O–H groups in total. The molecule has 0 aliphatic carbocycles. The van der Waals surface area contributed by atoms with Crippen molar-refractivity contribution >= 4 is 46.5 Å². The molecule has 152 valence electrons. The van der Waals surface area contributed by atoms with Crippen LogP contribution in [-0.2, 0) is 6.54 Å². The third kappa shape index (κ3) is 4.36. The van der Waals surface area contributed by atoms with E-state index in [1.807, 2.05) is 31.2 Å². The van der Waals surface area contributed by atoms with Crippen LogP contribution in [0.2, 0.25) is 15.1 Å². The van der Waals surface area contributed by atoms with E-state index >= 15 is 0 Å². The molecule has 2 heterocycles.